The normalized spacial score (nSPS) is 17.9. The van der Waals surface area contributed by atoms with Gasteiger partial charge in [0.25, 0.3) is 0 Å². The first kappa shape index (κ1) is 8.86. The summed E-state index contributed by atoms with van der Waals surface area (Å²) in [6.45, 7) is 0.758. The molecule has 1 aliphatic rings. The minimum atomic E-state index is 0.265. The van der Waals surface area contributed by atoms with Gasteiger partial charge in [-0.25, -0.2) is 0 Å². The van der Waals surface area contributed by atoms with Crippen LogP contribution in [0.4, 0.5) is 0 Å². The third kappa shape index (κ3) is 1.25. The minimum Gasteiger partial charge on any atom is -0.330 e. The highest BCUT2D eigenvalue weighted by Gasteiger charge is 2.43. The molecule has 3 rings (SSSR count). The Labute approximate surface area is 89.1 Å². The van der Waals surface area contributed by atoms with E-state index in [-0.39, 0.29) is 5.41 Å². The van der Waals surface area contributed by atoms with Gasteiger partial charge >= 0.3 is 0 Å². The first-order chi connectivity index (χ1) is 7.36. The van der Waals surface area contributed by atoms with E-state index < -0.39 is 0 Å². The van der Waals surface area contributed by atoms with Crippen molar-refractivity contribution < 1.29 is 0 Å². The quantitative estimate of drug-likeness (QED) is 0.803. The van der Waals surface area contributed by atoms with Crippen molar-refractivity contribution in [3.8, 4) is 0 Å². The predicted octanol–water partition coefficient (Wildman–Crippen LogP) is 2.23. The van der Waals surface area contributed by atoms with Crippen molar-refractivity contribution in [3.05, 3.63) is 42.2 Å². The Kier molecular flexibility index (Phi) is 1.80. The number of benzene rings is 1. The maximum atomic E-state index is 5.88. The fourth-order valence-corrected chi connectivity index (χ4v) is 2.32. The second kappa shape index (κ2) is 3.04. The molecule has 0 spiro atoms. The molecule has 0 unspecified atom stereocenters. The van der Waals surface area contributed by atoms with E-state index in [0.29, 0.717) is 0 Å². The first-order valence-electron chi connectivity index (χ1n) is 5.39. The van der Waals surface area contributed by atoms with Crippen molar-refractivity contribution in [1.29, 1.82) is 0 Å². The summed E-state index contributed by atoms with van der Waals surface area (Å²) in [5.41, 5.74) is 7.55. The topological polar surface area (TPSA) is 38.9 Å². The first-order valence-corrected chi connectivity index (χ1v) is 5.39. The Balaban J connectivity index is 2.27. The number of nitrogens with two attached hydrogens (primary N) is 1. The fraction of sp³-hybridized carbons (Fsp3) is 0.308. The van der Waals surface area contributed by atoms with Gasteiger partial charge in [0.05, 0.1) is 0 Å². The molecule has 1 aliphatic carbocycles. The Morgan fingerprint density at radius 3 is 2.87 bits per heavy atom. The van der Waals surface area contributed by atoms with Crippen molar-refractivity contribution in [2.75, 3.05) is 6.54 Å². The molecule has 0 radical (unpaired) electrons. The molecule has 1 aromatic carbocycles. The number of hydrogen-bond donors (Lipinski definition) is 1. The third-order valence-corrected chi connectivity index (χ3v) is 3.50. The van der Waals surface area contributed by atoms with E-state index in [1.165, 1.54) is 29.2 Å². The monoisotopic (exact) mass is 198 g/mol. The molecule has 0 amide bonds. The molecule has 2 aromatic rings. The van der Waals surface area contributed by atoms with Gasteiger partial charge in [-0.3, -0.25) is 4.98 Å². The Morgan fingerprint density at radius 2 is 2.13 bits per heavy atom. The summed E-state index contributed by atoms with van der Waals surface area (Å²) in [6, 6.07) is 8.52. The van der Waals surface area contributed by atoms with Crippen LogP contribution in [0.2, 0.25) is 0 Å². The van der Waals surface area contributed by atoms with E-state index in [1.807, 2.05) is 12.4 Å². The summed E-state index contributed by atoms with van der Waals surface area (Å²) in [5.74, 6) is 0. The average Bonchev–Trinajstić information content (AvgIpc) is 3.09. The molecule has 2 N–H and O–H groups in total. The highest BCUT2D eigenvalue weighted by atomic mass is 14.7. The van der Waals surface area contributed by atoms with Crippen molar-refractivity contribution >= 4 is 10.8 Å². The molecule has 0 aliphatic heterocycles. The fourth-order valence-electron chi connectivity index (χ4n) is 2.32. The lowest BCUT2D eigenvalue weighted by molar-refractivity contribution is 0.711. The summed E-state index contributed by atoms with van der Waals surface area (Å²) in [7, 11) is 0. The van der Waals surface area contributed by atoms with Crippen LogP contribution in [0.25, 0.3) is 10.8 Å². The molecule has 1 fully saturated rings. The zero-order chi connectivity index (χ0) is 10.3. The molecule has 0 atom stereocenters. The van der Waals surface area contributed by atoms with Crippen molar-refractivity contribution in [3.63, 3.8) is 0 Å². The smallest absolute Gasteiger partial charge is 0.0346 e. The van der Waals surface area contributed by atoms with Crippen LogP contribution in [0.1, 0.15) is 18.4 Å². The molecule has 1 saturated carbocycles. The van der Waals surface area contributed by atoms with E-state index in [2.05, 4.69) is 29.2 Å². The van der Waals surface area contributed by atoms with E-state index in [4.69, 9.17) is 5.73 Å². The van der Waals surface area contributed by atoms with Gasteiger partial charge in [0.2, 0.25) is 0 Å². The van der Waals surface area contributed by atoms with Gasteiger partial charge in [-0.1, -0.05) is 18.2 Å². The summed E-state index contributed by atoms with van der Waals surface area (Å²) >= 11 is 0. The van der Waals surface area contributed by atoms with Gasteiger partial charge in [0.15, 0.2) is 0 Å². The van der Waals surface area contributed by atoms with Crippen LogP contribution in [0.3, 0.4) is 0 Å². The zero-order valence-electron chi connectivity index (χ0n) is 8.61. The Hall–Kier alpha value is -1.41. The molecule has 1 heterocycles. The highest BCUT2D eigenvalue weighted by Crippen LogP contribution is 2.49. The maximum absolute atomic E-state index is 5.88. The number of nitrogens with zero attached hydrogens (tertiary/aromatic N) is 1. The van der Waals surface area contributed by atoms with Crippen LogP contribution in [0.15, 0.2) is 36.7 Å². The van der Waals surface area contributed by atoms with Gasteiger partial charge in [0.1, 0.15) is 0 Å². The van der Waals surface area contributed by atoms with Crippen LogP contribution >= 0.6 is 0 Å². The lowest BCUT2D eigenvalue weighted by atomic mass is 9.92. The van der Waals surface area contributed by atoms with Crippen molar-refractivity contribution in [1.82, 2.24) is 4.98 Å². The van der Waals surface area contributed by atoms with Gasteiger partial charge in [-0.15, -0.1) is 0 Å². The van der Waals surface area contributed by atoms with Crippen LogP contribution < -0.4 is 5.73 Å². The molecule has 15 heavy (non-hydrogen) atoms. The maximum Gasteiger partial charge on any atom is 0.0346 e. The van der Waals surface area contributed by atoms with E-state index in [9.17, 15) is 0 Å². The number of pyridine rings is 1. The van der Waals surface area contributed by atoms with Gasteiger partial charge < -0.3 is 5.73 Å². The Bertz CT molecular complexity index is 495. The minimum absolute atomic E-state index is 0.265. The molecule has 0 saturated heterocycles. The molecule has 1 aromatic heterocycles. The largest absolute Gasteiger partial charge is 0.330 e. The SMILES string of the molecule is NCC1(c2cccc3cnccc23)CC1. The van der Waals surface area contributed by atoms with Crippen LogP contribution in [0, 0.1) is 0 Å². The zero-order valence-corrected chi connectivity index (χ0v) is 8.61. The summed E-state index contributed by atoms with van der Waals surface area (Å²) in [4.78, 5) is 4.15. The van der Waals surface area contributed by atoms with Gasteiger partial charge in [-0.2, -0.15) is 0 Å². The molecule has 0 bridgehead atoms. The van der Waals surface area contributed by atoms with E-state index in [0.717, 1.165) is 6.54 Å². The molecule has 2 heteroatoms. The third-order valence-electron chi connectivity index (χ3n) is 3.50. The van der Waals surface area contributed by atoms with Gasteiger partial charge in [-0.05, 0) is 29.9 Å². The Morgan fingerprint density at radius 1 is 1.27 bits per heavy atom. The van der Waals surface area contributed by atoms with Crippen LogP contribution in [0.5, 0.6) is 0 Å². The molecule has 76 valence electrons. The summed E-state index contributed by atoms with van der Waals surface area (Å²) < 4.78 is 0. The van der Waals surface area contributed by atoms with Crippen LogP contribution in [-0.2, 0) is 5.41 Å². The molecule has 2 nitrogen and oxygen atoms in total. The lowest BCUT2D eigenvalue weighted by Gasteiger charge is -2.15. The van der Waals surface area contributed by atoms with Crippen LogP contribution in [-0.4, -0.2) is 11.5 Å². The van der Waals surface area contributed by atoms with E-state index in [1.54, 1.807) is 0 Å². The number of hydrogen-bond acceptors (Lipinski definition) is 2. The highest BCUT2D eigenvalue weighted by molar-refractivity contribution is 5.86. The second-order valence-electron chi connectivity index (χ2n) is 4.39. The van der Waals surface area contributed by atoms with Crippen molar-refractivity contribution in [2.24, 2.45) is 5.73 Å². The average molecular weight is 198 g/mol. The summed E-state index contributed by atoms with van der Waals surface area (Å²) in [6.07, 6.45) is 6.24. The molecular formula is C13H14N2. The number of rotatable bonds is 2. The number of aromatic nitrogens is 1. The predicted molar refractivity (Wildman–Crippen MR) is 61.7 cm³/mol. The lowest BCUT2D eigenvalue weighted by Crippen LogP contribution is -2.19. The second-order valence-corrected chi connectivity index (χ2v) is 4.39. The molecular weight excluding hydrogens is 184 g/mol. The van der Waals surface area contributed by atoms with Gasteiger partial charge in [0, 0.05) is 29.7 Å². The van der Waals surface area contributed by atoms with Crippen molar-refractivity contribution in [2.45, 2.75) is 18.3 Å². The van der Waals surface area contributed by atoms with E-state index >= 15 is 0 Å². The number of fused-ring (bicyclic) bond motifs is 1. The standard InChI is InChI=1S/C13H14N2/c14-9-13(5-6-13)12-3-1-2-10-8-15-7-4-11(10)12/h1-4,7-8H,5-6,9,14H2. The summed E-state index contributed by atoms with van der Waals surface area (Å²) in [5, 5.41) is 2.53.